The van der Waals surface area contributed by atoms with Gasteiger partial charge in [-0.15, -0.1) is 0 Å². The van der Waals surface area contributed by atoms with E-state index in [1.165, 1.54) is 37.7 Å². The van der Waals surface area contributed by atoms with E-state index < -0.39 is 5.60 Å². The van der Waals surface area contributed by atoms with Gasteiger partial charge in [0.15, 0.2) is 0 Å². The molecule has 0 saturated heterocycles. The zero-order valence-corrected chi connectivity index (χ0v) is 11.9. The molecule has 1 aromatic carbocycles. The standard InChI is InChI=1S/C17H26O/c1-4-14-10-6-8-12-16(14)17(3,18)15-11-7-5-9-13(15)2/h5,7,9,11,14,16,18H,4,6,8,10,12H2,1-3H3. The van der Waals surface area contributed by atoms with Crippen molar-refractivity contribution >= 4 is 0 Å². The normalized spacial score (nSPS) is 27.8. The number of rotatable bonds is 3. The van der Waals surface area contributed by atoms with Gasteiger partial charge in [-0.25, -0.2) is 0 Å². The van der Waals surface area contributed by atoms with Gasteiger partial charge in [-0.1, -0.05) is 56.9 Å². The average Bonchev–Trinajstić information content (AvgIpc) is 2.39. The average molecular weight is 246 g/mol. The van der Waals surface area contributed by atoms with Crippen LogP contribution in [0.3, 0.4) is 0 Å². The molecule has 0 heterocycles. The number of hydrogen-bond acceptors (Lipinski definition) is 1. The van der Waals surface area contributed by atoms with E-state index in [-0.39, 0.29) is 0 Å². The van der Waals surface area contributed by atoms with Crippen LogP contribution in [0.5, 0.6) is 0 Å². The molecule has 0 radical (unpaired) electrons. The highest BCUT2D eigenvalue weighted by atomic mass is 16.3. The third-order valence-electron chi connectivity index (χ3n) is 4.85. The van der Waals surface area contributed by atoms with E-state index in [9.17, 15) is 5.11 Å². The van der Waals surface area contributed by atoms with Gasteiger partial charge in [-0.3, -0.25) is 0 Å². The Kier molecular flexibility index (Phi) is 4.11. The van der Waals surface area contributed by atoms with Gasteiger partial charge in [0.25, 0.3) is 0 Å². The third kappa shape index (κ3) is 2.47. The zero-order valence-electron chi connectivity index (χ0n) is 11.9. The fraction of sp³-hybridized carbons (Fsp3) is 0.647. The molecule has 1 heteroatoms. The summed E-state index contributed by atoms with van der Waals surface area (Å²) >= 11 is 0. The van der Waals surface area contributed by atoms with Crippen molar-refractivity contribution in [2.75, 3.05) is 0 Å². The second-order valence-corrected chi connectivity index (χ2v) is 6.02. The van der Waals surface area contributed by atoms with Crippen molar-refractivity contribution in [3.05, 3.63) is 35.4 Å². The van der Waals surface area contributed by atoms with Gasteiger partial charge >= 0.3 is 0 Å². The van der Waals surface area contributed by atoms with Crippen molar-refractivity contribution in [1.82, 2.24) is 0 Å². The summed E-state index contributed by atoms with van der Waals surface area (Å²) in [7, 11) is 0. The lowest BCUT2D eigenvalue weighted by Gasteiger charge is -2.42. The van der Waals surface area contributed by atoms with Gasteiger partial charge in [-0.05, 0) is 43.2 Å². The Balaban J connectivity index is 2.31. The largest absolute Gasteiger partial charge is 0.385 e. The van der Waals surface area contributed by atoms with E-state index >= 15 is 0 Å². The molecule has 18 heavy (non-hydrogen) atoms. The van der Waals surface area contributed by atoms with Gasteiger partial charge in [-0.2, -0.15) is 0 Å². The molecular formula is C17H26O. The summed E-state index contributed by atoms with van der Waals surface area (Å²) in [6.07, 6.45) is 6.23. The predicted molar refractivity (Wildman–Crippen MR) is 76.5 cm³/mol. The predicted octanol–water partition coefficient (Wildman–Crippen LogP) is 4.42. The molecular weight excluding hydrogens is 220 g/mol. The fourth-order valence-electron chi connectivity index (χ4n) is 3.78. The summed E-state index contributed by atoms with van der Waals surface area (Å²) in [6, 6.07) is 8.29. The molecule has 0 amide bonds. The lowest BCUT2D eigenvalue weighted by atomic mass is 9.67. The minimum atomic E-state index is -0.674. The Morgan fingerprint density at radius 2 is 1.89 bits per heavy atom. The van der Waals surface area contributed by atoms with Gasteiger partial charge in [0.2, 0.25) is 0 Å². The van der Waals surface area contributed by atoms with Crippen LogP contribution in [0.1, 0.15) is 57.1 Å². The molecule has 0 bridgehead atoms. The van der Waals surface area contributed by atoms with Crippen LogP contribution >= 0.6 is 0 Å². The highest BCUT2D eigenvalue weighted by Gasteiger charge is 2.39. The van der Waals surface area contributed by atoms with Crippen molar-refractivity contribution in [3.63, 3.8) is 0 Å². The minimum Gasteiger partial charge on any atom is -0.385 e. The molecule has 2 rings (SSSR count). The quantitative estimate of drug-likeness (QED) is 0.837. The van der Waals surface area contributed by atoms with E-state index in [0.29, 0.717) is 11.8 Å². The number of hydrogen-bond donors (Lipinski definition) is 1. The monoisotopic (exact) mass is 246 g/mol. The minimum absolute atomic E-state index is 0.414. The van der Waals surface area contributed by atoms with Crippen LogP contribution in [-0.4, -0.2) is 5.11 Å². The van der Waals surface area contributed by atoms with E-state index in [0.717, 1.165) is 5.56 Å². The molecule has 0 aliphatic heterocycles. The Morgan fingerprint density at radius 3 is 2.56 bits per heavy atom. The summed E-state index contributed by atoms with van der Waals surface area (Å²) in [5, 5.41) is 11.1. The Morgan fingerprint density at radius 1 is 1.22 bits per heavy atom. The van der Waals surface area contributed by atoms with E-state index in [1.807, 2.05) is 19.1 Å². The van der Waals surface area contributed by atoms with Gasteiger partial charge in [0, 0.05) is 0 Å². The maximum Gasteiger partial charge on any atom is 0.0901 e. The maximum atomic E-state index is 11.1. The molecule has 1 nitrogen and oxygen atoms in total. The topological polar surface area (TPSA) is 20.2 Å². The first kappa shape index (κ1) is 13.6. The summed E-state index contributed by atoms with van der Waals surface area (Å²) in [6.45, 7) is 6.39. The maximum absolute atomic E-state index is 11.1. The van der Waals surface area contributed by atoms with Crippen LogP contribution in [0.15, 0.2) is 24.3 Å². The molecule has 1 N–H and O–H groups in total. The van der Waals surface area contributed by atoms with E-state index in [2.05, 4.69) is 26.0 Å². The third-order valence-corrected chi connectivity index (χ3v) is 4.85. The molecule has 3 atom stereocenters. The van der Waals surface area contributed by atoms with Crippen LogP contribution in [0, 0.1) is 18.8 Å². The van der Waals surface area contributed by atoms with Gasteiger partial charge in [0.05, 0.1) is 5.60 Å². The SMILES string of the molecule is CCC1CCCCC1C(C)(O)c1ccccc1C. The Labute approximate surface area is 111 Å². The molecule has 1 aromatic rings. The van der Waals surface area contributed by atoms with Gasteiger partial charge < -0.3 is 5.11 Å². The molecule has 1 fully saturated rings. The van der Waals surface area contributed by atoms with Crippen molar-refractivity contribution < 1.29 is 5.11 Å². The summed E-state index contributed by atoms with van der Waals surface area (Å²) in [4.78, 5) is 0. The van der Waals surface area contributed by atoms with Crippen molar-refractivity contribution in [3.8, 4) is 0 Å². The zero-order chi connectivity index (χ0) is 13.2. The van der Waals surface area contributed by atoms with Crippen LogP contribution < -0.4 is 0 Å². The smallest absolute Gasteiger partial charge is 0.0901 e. The lowest BCUT2D eigenvalue weighted by molar-refractivity contribution is -0.0493. The molecule has 3 unspecified atom stereocenters. The lowest BCUT2D eigenvalue weighted by Crippen LogP contribution is -2.39. The summed E-state index contributed by atoms with van der Waals surface area (Å²) in [5.41, 5.74) is 1.66. The Hall–Kier alpha value is -0.820. The Bertz CT molecular complexity index is 394. The summed E-state index contributed by atoms with van der Waals surface area (Å²) in [5.74, 6) is 1.09. The van der Waals surface area contributed by atoms with Crippen LogP contribution in [-0.2, 0) is 5.60 Å². The molecule has 0 aromatic heterocycles. The second kappa shape index (κ2) is 5.44. The fourth-order valence-corrected chi connectivity index (χ4v) is 3.78. The first-order valence-electron chi connectivity index (χ1n) is 7.35. The number of aryl methyl sites for hydroxylation is 1. The first-order chi connectivity index (χ1) is 8.57. The highest BCUT2D eigenvalue weighted by Crippen LogP contribution is 2.44. The van der Waals surface area contributed by atoms with Crippen molar-refractivity contribution in [1.29, 1.82) is 0 Å². The molecule has 0 spiro atoms. The second-order valence-electron chi connectivity index (χ2n) is 6.02. The van der Waals surface area contributed by atoms with Crippen molar-refractivity contribution in [2.45, 2.75) is 58.5 Å². The summed E-state index contributed by atoms with van der Waals surface area (Å²) < 4.78 is 0. The van der Waals surface area contributed by atoms with Crippen LogP contribution in [0.2, 0.25) is 0 Å². The van der Waals surface area contributed by atoms with E-state index in [4.69, 9.17) is 0 Å². The number of aliphatic hydroxyl groups is 1. The van der Waals surface area contributed by atoms with Crippen LogP contribution in [0.4, 0.5) is 0 Å². The van der Waals surface area contributed by atoms with Crippen LogP contribution in [0.25, 0.3) is 0 Å². The highest BCUT2D eigenvalue weighted by molar-refractivity contribution is 5.31. The van der Waals surface area contributed by atoms with Crippen molar-refractivity contribution in [2.24, 2.45) is 11.8 Å². The van der Waals surface area contributed by atoms with Gasteiger partial charge in [0.1, 0.15) is 0 Å². The number of benzene rings is 1. The molecule has 1 saturated carbocycles. The first-order valence-corrected chi connectivity index (χ1v) is 7.35. The molecule has 1 aliphatic rings. The molecule has 100 valence electrons. The van der Waals surface area contributed by atoms with E-state index in [1.54, 1.807) is 0 Å². The molecule has 1 aliphatic carbocycles.